The molecule has 0 aliphatic heterocycles. The number of carbonyl (C=O) groups is 1. The van der Waals surface area contributed by atoms with E-state index in [1.54, 1.807) is 6.20 Å². The fraction of sp³-hybridized carbons (Fsp3) is 0.714. The molecule has 1 saturated carbocycles. The number of amides is 1. The largest absolute Gasteiger partial charge is 0.391 e. The lowest BCUT2D eigenvalue weighted by molar-refractivity contribution is -0.123. The number of aromatic amines is 1. The zero-order valence-electron chi connectivity index (χ0n) is 16.6. The molecule has 3 atom stereocenters. The van der Waals surface area contributed by atoms with Crippen molar-refractivity contribution >= 4 is 11.9 Å². The lowest BCUT2D eigenvalue weighted by Crippen LogP contribution is -2.45. The predicted octanol–water partition coefficient (Wildman–Crippen LogP) is 3.34. The van der Waals surface area contributed by atoms with Crippen LogP contribution in [0.4, 0.5) is 5.95 Å². The quantitative estimate of drug-likeness (QED) is 0.445. The number of imidazole rings is 1. The number of nitrogens with zero attached hydrogens (tertiary/aromatic N) is 1. The number of nitrogen functional groups attached to an aromatic ring is 1. The van der Waals surface area contributed by atoms with Crippen LogP contribution in [0.2, 0.25) is 0 Å². The molecule has 1 amide bonds. The predicted molar refractivity (Wildman–Crippen MR) is 109 cm³/mol. The smallest absolute Gasteiger partial charge is 0.220 e. The van der Waals surface area contributed by atoms with Crippen LogP contribution >= 0.6 is 0 Å². The van der Waals surface area contributed by atoms with E-state index in [0.29, 0.717) is 31.1 Å². The summed E-state index contributed by atoms with van der Waals surface area (Å²) in [5.74, 6) is 1.20. The number of aliphatic hydroxyl groups excluding tert-OH is 1. The van der Waals surface area contributed by atoms with Gasteiger partial charge in [0.1, 0.15) is 0 Å². The van der Waals surface area contributed by atoms with E-state index >= 15 is 0 Å². The third kappa shape index (κ3) is 7.37. The van der Waals surface area contributed by atoms with Crippen molar-refractivity contribution in [1.29, 1.82) is 0 Å². The van der Waals surface area contributed by atoms with Crippen molar-refractivity contribution in [3.8, 4) is 0 Å². The van der Waals surface area contributed by atoms with Gasteiger partial charge in [0.25, 0.3) is 0 Å². The van der Waals surface area contributed by atoms with Crippen LogP contribution in [0.5, 0.6) is 0 Å². The summed E-state index contributed by atoms with van der Waals surface area (Å²) in [6.45, 7) is 5.97. The van der Waals surface area contributed by atoms with E-state index in [-0.39, 0.29) is 17.9 Å². The molecule has 0 spiro atoms. The van der Waals surface area contributed by atoms with Crippen molar-refractivity contribution in [1.82, 2.24) is 15.3 Å². The molecule has 27 heavy (non-hydrogen) atoms. The Hall–Kier alpha value is -1.82. The molecule has 1 fully saturated rings. The molecule has 0 radical (unpaired) electrons. The number of aliphatic hydroxyl groups is 1. The van der Waals surface area contributed by atoms with Crippen molar-refractivity contribution in [3.63, 3.8) is 0 Å². The van der Waals surface area contributed by atoms with Gasteiger partial charge in [0, 0.05) is 12.1 Å². The first-order chi connectivity index (χ1) is 13.0. The molecular weight excluding hydrogens is 340 g/mol. The van der Waals surface area contributed by atoms with E-state index in [1.165, 1.54) is 32.1 Å². The van der Waals surface area contributed by atoms with Gasteiger partial charge in [-0.1, -0.05) is 45.1 Å². The molecule has 0 aromatic carbocycles. The van der Waals surface area contributed by atoms with E-state index < -0.39 is 6.10 Å². The van der Waals surface area contributed by atoms with Gasteiger partial charge in [0.15, 0.2) is 5.95 Å². The first-order valence-corrected chi connectivity index (χ1v) is 10.4. The van der Waals surface area contributed by atoms with Gasteiger partial charge in [-0.25, -0.2) is 4.98 Å². The number of aromatic nitrogens is 2. The number of nitrogens with one attached hydrogen (secondary N) is 2. The second-order valence-electron chi connectivity index (χ2n) is 7.91. The molecule has 1 aliphatic carbocycles. The van der Waals surface area contributed by atoms with Gasteiger partial charge in [-0.2, -0.15) is 0 Å². The monoisotopic (exact) mass is 376 g/mol. The average Bonchev–Trinajstić information content (AvgIpc) is 3.10. The number of allylic oxidation sites excluding steroid dienone is 1. The van der Waals surface area contributed by atoms with E-state index in [4.69, 9.17) is 5.73 Å². The summed E-state index contributed by atoms with van der Waals surface area (Å²) in [5.41, 5.74) is 6.43. The van der Waals surface area contributed by atoms with E-state index in [2.05, 4.69) is 28.8 Å². The van der Waals surface area contributed by atoms with Gasteiger partial charge in [-0.3, -0.25) is 4.79 Å². The van der Waals surface area contributed by atoms with Crippen molar-refractivity contribution in [2.24, 2.45) is 11.8 Å². The van der Waals surface area contributed by atoms with Gasteiger partial charge in [-0.15, -0.1) is 6.58 Å². The molecule has 6 nitrogen and oxygen atoms in total. The third-order valence-electron chi connectivity index (χ3n) is 5.79. The van der Waals surface area contributed by atoms with Gasteiger partial charge in [0.2, 0.25) is 5.91 Å². The maximum atomic E-state index is 12.5. The summed E-state index contributed by atoms with van der Waals surface area (Å²) in [6.07, 6.45) is 12.6. The highest BCUT2D eigenvalue weighted by Crippen LogP contribution is 2.29. The van der Waals surface area contributed by atoms with Crippen LogP contribution in [0, 0.1) is 11.8 Å². The van der Waals surface area contributed by atoms with Crippen LogP contribution in [-0.2, 0) is 11.2 Å². The maximum absolute atomic E-state index is 12.5. The zero-order chi connectivity index (χ0) is 19.6. The summed E-state index contributed by atoms with van der Waals surface area (Å²) < 4.78 is 0. The molecule has 152 valence electrons. The molecular formula is C21H36N4O2. The number of carbonyl (C=O) groups excluding carboxylic acids is 1. The Morgan fingerprint density at radius 3 is 2.81 bits per heavy atom. The van der Waals surface area contributed by atoms with Crippen LogP contribution in [0.15, 0.2) is 18.9 Å². The number of rotatable bonds is 11. The molecule has 5 N–H and O–H groups in total. The number of hydrogen-bond donors (Lipinski definition) is 4. The molecule has 0 saturated heterocycles. The lowest BCUT2D eigenvalue weighted by atomic mass is 9.82. The summed E-state index contributed by atoms with van der Waals surface area (Å²) in [5, 5.41) is 13.9. The van der Waals surface area contributed by atoms with E-state index in [1.807, 2.05) is 6.08 Å². The molecule has 1 aromatic heterocycles. The molecule has 1 heterocycles. The normalized spacial score (nSPS) is 18.6. The van der Waals surface area contributed by atoms with Crippen molar-refractivity contribution in [3.05, 3.63) is 24.5 Å². The second kappa shape index (κ2) is 11.1. The van der Waals surface area contributed by atoms with Crippen LogP contribution in [0.1, 0.15) is 70.4 Å². The minimum Gasteiger partial charge on any atom is -0.391 e. The number of anilines is 1. The average molecular weight is 377 g/mol. The molecule has 6 heteroatoms. The van der Waals surface area contributed by atoms with Crippen LogP contribution < -0.4 is 11.1 Å². The Morgan fingerprint density at radius 2 is 2.22 bits per heavy atom. The fourth-order valence-electron chi connectivity index (χ4n) is 4.03. The Bertz CT molecular complexity index is 580. The summed E-state index contributed by atoms with van der Waals surface area (Å²) >= 11 is 0. The van der Waals surface area contributed by atoms with Crippen LogP contribution in [0.3, 0.4) is 0 Å². The molecule has 1 aromatic rings. The standard InChI is InChI=1S/C21H36N4O2/c1-3-15(4-2)13-19(26)18(12-16-8-6-5-7-9-16)25-20(27)11-10-17-14-23-21(22)24-17/h3,14-16,18-19,26H,1,4-13H2,2H3,(H,25,27)(H3,22,23,24)/t15-,18+,19+/m1/s1. The minimum atomic E-state index is -0.540. The second-order valence-corrected chi connectivity index (χ2v) is 7.91. The van der Waals surface area contributed by atoms with Gasteiger partial charge in [0.05, 0.1) is 18.3 Å². The summed E-state index contributed by atoms with van der Waals surface area (Å²) in [4.78, 5) is 19.4. The van der Waals surface area contributed by atoms with Gasteiger partial charge in [-0.05, 0) is 37.5 Å². The van der Waals surface area contributed by atoms with Gasteiger partial charge >= 0.3 is 0 Å². The van der Waals surface area contributed by atoms with Crippen LogP contribution in [-0.4, -0.2) is 33.1 Å². The maximum Gasteiger partial charge on any atom is 0.220 e. The Morgan fingerprint density at radius 1 is 1.48 bits per heavy atom. The Labute approximate surface area is 163 Å². The van der Waals surface area contributed by atoms with E-state index in [9.17, 15) is 9.90 Å². The van der Waals surface area contributed by atoms with Crippen molar-refractivity contribution < 1.29 is 9.90 Å². The highest BCUT2D eigenvalue weighted by atomic mass is 16.3. The topological polar surface area (TPSA) is 104 Å². The number of hydrogen-bond acceptors (Lipinski definition) is 4. The highest BCUT2D eigenvalue weighted by molar-refractivity contribution is 5.76. The number of aryl methyl sites for hydroxylation is 1. The molecule has 0 unspecified atom stereocenters. The number of nitrogens with two attached hydrogens (primary N) is 1. The Kier molecular flexibility index (Phi) is 8.85. The minimum absolute atomic E-state index is 0.0327. The fourth-order valence-corrected chi connectivity index (χ4v) is 4.03. The highest BCUT2D eigenvalue weighted by Gasteiger charge is 2.27. The lowest BCUT2D eigenvalue weighted by Gasteiger charge is -2.31. The summed E-state index contributed by atoms with van der Waals surface area (Å²) in [6, 6.07) is -0.193. The van der Waals surface area contributed by atoms with Crippen molar-refractivity contribution in [2.75, 3.05) is 5.73 Å². The molecule has 1 aliphatic rings. The third-order valence-corrected chi connectivity index (χ3v) is 5.79. The van der Waals surface area contributed by atoms with Crippen molar-refractivity contribution in [2.45, 2.75) is 83.3 Å². The zero-order valence-corrected chi connectivity index (χ0v) is 16.6. The van der Waals surface area contributed by atoms with Crippen LogP contribution in [0.25, 0.3) is 0 Å². The molecule has 0 bridgehead atoms. The first kappa shape index (κ1) is 21.5. The summed E-state index contributed by atoms with van der Waals surface area (Å²) in [7, 11) is 0. The first-order valence-electron chi connectivity index (χ1n) is 10.4. The van der Waals surface area contributed by atoms with E-state index in [0.717, 1.165) is 18.5 Å². The van der Waals surface area contributed by atoms with Gasteiger partial charge < -0.3 is 21.1 Å². The molecule has 2 rings (SSSR count). The Balaban J connectivity index is 1.92. The SMILES string of the molecule is C=C[C@H](CC)C[C@H](O)[C@H](CC1CCCCC1)NC(=O)CCc1cnc(N)[nH]1. The number of H-pyrrole nitrogens is 1.